The lowest BCUT2D eigenvalue weighted by Gasteiger charge is -1.90. The van der Waals surface area contributed by atoms with Gasteiger partial charge in [0.05, 0.1) is 0 Å². The Bertz CT molecular complexity index is 116. The molecule has 2 heteroatoms. The topological polar surface area (TPSA) is 0 Å². The Kier molecular flexibility index (Phi) is 2.21. The lowest BCUT2D eigenvalue weighted by atomic mass is 10.3. The van der Waals surface area contributed by atoms with Gasteiger partial charge in [-0.1, -0.05) is 11.6 Å². The molecule has 0 amide bonds. The predicted octanol–water partition coefficient (Wildman–Crippen LogP) is 2.90. The molecule has 0 bridgehead atoms. The first-order chi connectivity index (χ1) is 3.84. The highest BCUT2D eigenvalue weighted by Crippen LogP contribution is 2.28. The minimum atomic E-state index is 0.624. The molecule has 0 N–H and O–H groups in total. The number of alkyl halides is 1. The average Bonchev–Trinajstić information content (AvgIpc) is 2.14. The van der Waals surface area contributed by atoms with Crippen LogP contribution in [0.25, 0.3) is 0 Å². The maximum absolute atomic E-state index is 5.77. The molecular weight excluding hydrogens is 143 g/mol. The highest BCUT2D eigenvalue weighted by Gasteiger charge is 2.09. The molecule has 0 aliphatic heterocycles. The minimum Gasteiger partial charge on any atom is -0.122 e. The smallest absolute Gasteiger partial charge is 0.0447 e. The van der Waals surface area contributed by atoms with Crippen LogP contribution in [0.15, 0.2) is 10.6 Å². The standard InChI is InChI=1S/C6H8Cl2/c7-4-5-2-1-3-6(5)8/h1-4H2. The summed E-state index contributed by atoms with van der Waals surface area (Å²) in [6.07, 6.45) is 3.35. The summed E-state index contributed by atoms with van der Waals surface area (Å²) in [7, 11) is 0. The monoisotopic (exact) mass is 150 g/mol. The van der Waals surface area contributed by atoms with E-state index in [1.54, 1.807) is 0 Å². The van der Waals surface area contributed by atoms with Gasteiger partial charge in [0, 0.05) is 10.9 Å². The van der Waals surface area contributed by atoms with Crippen molar-refractivity contribution in [3.8, 4) is 0 Å². The Morgan fingerprint density at radius 2 is 2.12 bits per heavy atom. The molecule has 1 aliphatic rings. The zero-order chi connectivity index (χ0) is 5.98. The van der Waals surface area contributed by atoms with Crippen LogP contribution in [0.5, 0.6) is 0 Å². The van der Waals surface area contributed by atoms with Gasteiger partial charge in [-0.2, -0.15) is 0 Å². The van der Waals surface area contributed by atoms with E-state index in [0.29, 0.717) is 5.88 Å². The Balaban J connectivity index is 2.58. The highest BCUT2D eigenvalue weighted by molar-refractivity contribution is 6.31. The lowest BCUT2D eigenvalue weighted by molar-refractivity contribution is 0.904. The van der Waals surface area contributed by atoms with Crippen molar-refractivity contribution in [3.05, 3.63) is 10.6 Å². The fourth-order valence-corrected chi connectivity index (χ4v) is 1.57. The van der Waals surface area contributed by atoms with E-state index in [9.17, 15) is 0 Å². The molecule has 0 radical (unpaired) electrons. The van der Waals surface area contributed by atoms with Crippen molar-refractivity contribution in [2.24, 2.45) is 0 Å². The lowest BCUT2D eigenvalue weighted by Crippen LogP contribution is -1.77. The average molecular weight is 151 g/mol. The highest BCUT2D eigenvalue weighted by atomic mass is 35.5. The van der Waals surface area contributed by atoms with Crippen LogP contribution in [0.3, 0.4) is 0 Å². The molecular formula is C6H8Cl2. The Morgan fingerprint density at radius 3 is 2.38 bits per heavy atom. The van der Waals surface area contributed by atoms with Gasteiger partial charge in [0.2, 0.25) is 0 Å². The van der Waals surface area contributed by atoms with Gasteiger partial charge in [0.15, 0.2) is 0 Å². The van der Waals surface area contributed by atoms with Crippen LogP contribution in [-0.2, 0) is 0 Å². The van der Waals surface area contributed by atoms with E-state index in [4.69, 9.17) is 23.2 Å². The van der Waals surface area contributed by atoms with Crippen LogP contribution in [0.1, 0.15) is 19.3 Å². The second-order valence-corrected chi connectivity index (χ2v) is 2.72. The molecule has 0 saturated carbocycles. The largest absolute Gasteiger partial charge is 0.122 e. The number of rotatable bonds is 1. The maximum Gasteiger partial charge on any atom is 0.0447 e. The molecule has 0 heterocycles. The summed E-state index contributed by atoms with van der Waals surface area (Å²) in [4.78, 5) is 0. The van der Waals surface area contributed by atoms with Crippen LogP contribution < -0.4 is 0 Å². The van der Waals surface area contributed by atoms with Crippen LogP contribution in [0.4, 0.5) is 0 Å². The molecule has 46 valence electrons. The molecule has 0 unspecified atom stereocenters. The molecule has 0 fully saturated rings. The molecule has 0 atom stereocenters. The summed E-state index contributed by atoms with van der Waals surface area (Å²) >= 11 is 11.3. The van der Waals surface area contributed by atoms with Crippen molar-refractivity contribution in [1.82, 2.24) is 0 Å². The van der Waals surface area contributed by atoms with E-state index in [1.165, 1.54) is 12.0 Å². The van der Waals surface area contributed by atoms with Gasteiger partial charge in [-0.3, -0.25) is 0 Å². The van der Waals surface area contributed by atoms with Crippen molar-refractivity contribution < 1.29 is 0 Å². The summed E-state index contributed by atoms with van der Waals surface area (Å²) in [6, 6.07) is 0. The molecule has 0 aromatic heterocycles. The summed E-state index contributed by atoms with van der Waals surface area (Å²) in [5.74, 6) is 0.624. The third kappa shape index (κ3) is 1.18. The molecule has 8 heavy (non-hydrogen) atoms. The molecule has 0 nitrogen and oxygen atoms in total. The van der Waals surface area contributed by atoms with Crippen LogP contribution in [0, 0.1) is 0 Å². The minimum absolute atomic E-state index is 0.624. The number of hydrogen-bond acceptors (Lipinski definition) is 0. The third-order valence-electron chi connectivity index (χ3n) is 1.42. The van der Waals surface area contributed by atoms with Gasteiger partial charge in [-0.05, 0) is 24.8 Å². The summed E-state index contributed by atoms with van der Waals surface area (Å²) in [5.41, 5.74) is 1.24. The zero-order valence-electron chi connectivity index (χ0n) is 4.58. The van der Waals surface area contributed by atoms with Crippen molar-refractivity contribution in [2.75, 3.05) is 5.88 Å². The van der Waals surface area contributed by atoms with Gasteiger partial charge in [0.1, 0.15) is 0 Å². The molecule has 1 rings (SSSR count). The first kappa shape index (κ1) is 6.44. The van der Waals surface area contributed by atoms with E-state index >= 15 is 0 Å². The normalized spacial score (nSPS) is 20.2. The second-order valence-electron chi connectivity index (χ2n) is 2.00. The predicted molar refractivity (Wildman–Crippen MR) is 37.5 cm³/mol. The van der Waals surface area contributed by atoms with Gasteiger partial charge in [-0.15, -0.1) is 11.6 Å². The molecule has 0 spiro atoms. The second kappa shape index (κ2) is 2.75. The third-order valence-corrected chi connectivity index (χ3v) is 2.20. The summed E-state index contributed by atoms with van der Waals surface area (Å²) in [6.45, 7) is 0. The first-order valence-electron chi connectivity index (χ1n) is 2.77. The van der Waals surface area contributed by atoms with E-state index in [2.05, 4.69) is 0 Å². The molecule has 0 aromatic carbocycles. The van der Waals surface area contributed by atoms with Gasteiger partial charge in [0.25, 0.3) is 0 Å². The van der Waals surface area contributed by atoms with Gasteiger partial charge < -0.3 is 0 Å². The van der Waals surface area contributed by atoms with Crippen LogP contribution in [-0.4, -0.2) is 5.88 Å². The van der Waals surface area contributed by atoms with Crippen molar-refractivity contribution in [3.63, 3.8) is 0 Å². The van der Waals surface area contributed by atoms with Gasteiger partial charge >= 0.3 is 0 Å². The summed E-state index contributed by atoms with van der Waals surface area (Å²) < 4.78 is 0. The SMILES string of the molecule is ClCC1=C(Cl)CCC1. The number of halogens is 2. The van der Waals surface area contributed by atoms with Crippen molar-refractivity contribution >= 4 is 23.2 Å². The van der Waals surface area contributed by atoms with Crippen LogP contribution >= 0.6 is 23.2 Å². The molecule has 0 saturated heterocycles. The quantitative estimate of drug-likeness (QED) is 0.505. The fraction of sp³-hybridized carbons (Fsp3) is 0.667. The number of hydrogen-bond donors (Lipinski definition) is 0. The van der Waals surface area contributed by atoms with E-state index in [1.807, 2.05) is 0 Å². The van der Waals surface area contributed by atoms with Gasteiger partial charge in [-0.25, -0.2) is 0 Å². The zero-order valence-corrected chi connectivity index (χ0v) is 6.10. The maximum atomic E-state index is 5.77. The van der Waals surface area contributed by atoms with E-state index in [0.717, 1.165) is 17.9 Å². The van der Waals surface area contributed by atoms with Crippen LogP contribution in [0.2, 0.25) is 0 Å². The van der Waals surface area contributed by atoms with Crippen molar-refractivity contribution in [1.29, 1.82) is 0 Å². The Hall–Kier alpha value is 0.320. The Morgan fingerprint density at radius 1 is 1.38 bits per heavy atom. The Labute approximate surface area is 59.5 Å². The summed E-state index contributed by atoms with van der Waals surface area (Å²) in [5, 5.41) is 1.00. The number of allylic oxidation sites excluding steroid dienone is 2. The first-order valence-corrected chi connectivity index (χ1v) is 3.68. The molecule has 0 aromatic rings. The van der Waals surface area contributed by atoms with Crippen molar-refractivity contribution in [2.45, 2.75) is 19.3 Å². The molecule has 1 aliphatic carbocycles. The van der Waals surface area contributed by atoms with E-state index in [-0.39, 0.29) is 0 Å². The fourth-order valence-electron chi connectivity index (χ4n) is 0.909. The van der Waals surface area contributed by atoms with E-state index < -0.39 is 0 Å².